The molecule has 0 fully saturated rings. The lowest BCUT2D eigenvalue weighted by molar-refractivity contribution is -0.134. The quantitative estimate of drug-likeness (QED) is 0.829. The molecule has 2 rings (SSSR count). The first-order valence-corrected chi connectivity index (χ1v) is 8.95. The first kappa shape index (κ1) is 19.7. The van der Waals surface area contributed by atoms with Crippen LogP contribution in [0.1, 0.15) is 35.9 Å². The van der Waals surface area contributed by atoms with Crippen LogP contribution in [-0.4, -0.2) is 39.6 Å². The van der Waals surface area contributed by atoms with Gasteiger partial charge < -0.3 is 10.2 Å². The van der Waals surface area contributed by atoms with E-state index in [0.29, 0.717) is 6.54 Å². The fraction of sp³-hybridized carbons (Fsp3) is 0.450. The SMILES string of the molecule is CCCN(CC(=O)Nc1ccccc1C)C(=O)Cc1c(C)nn(C)c1C. The van der Waals surface area contributed by atoms with Gasteiger partial charge in [-0.1, -0.05) is 25.1 Å². The van der Waals surface area contributed by atoms with Gasteiger partial charge in [0, 0.05) is 30.5 Å². The second-order valence-corrected chi connectivity index (χ2v) is 6.63. The number of aryl methyl sites for hydroxylation is 3. The topological polar surface area (TPSA) is 67.2 Å². The maximum Gasteiger partial charge on any atom is 0.244 e. The van der Waals surface area contributed by atoms with Crippen LogP contribution in [0.2, 0.25) is 0 Å². The lowest BCUT2D eigenvalue weighted by atomic mass is 10.1. The number of hydrogen-bond donors (Lipinski definition) is 1. The highest BCUT2D eigenvalue weighted by atomic mass is 16.2. The Morgan fingerprint density at radius 1 is 1.19 bits per heavy atom. The van der Waals surface area contributed by atoms with Gasteiger partial charge in [-0.15, -0.1) is 0 Å². The van der Waals surface area contributed by atoms with Crippen LogP contribution >= 0.6 is 0 Å². The van der Waals surface area contributed by atoms with E-state index < -0.39 is 0 Å². The Kier molecular flexibility index (Phi) is 6.55. The summed E-state index contributed by atoms with van der Waals surface area (Å²) in [6.45, 7) is 8.42. The van der Waals surface area contributed by atoms with Crippen LogP contribution in [0.15, 0.2) is 24.3 Å². The Morgan fingerprint density at radius 2 is 1.88 bits per heavy atom. The van der Waals surface area contributed by atoms with Crippen LogP contribution in [0.3, 0.4) is 0 Å². The highest BCUT2D eigenvalue weighted by molar-refractivity contribution is 5.95. The molecule has 1 heterocycles. The molecule has 0 saturated heterocycles. The summed E-state index contributed by atoms with van der Waals surface area (Å²) in [5.41, 5.74) is 4.56. The lowest BCUT2D eigenvalue weighted by Gasteiger charge is -2.22. The van der Waals surface area contributed by atoms with Crippen molar-refractivity contribution < 1.29 is 9.59 Å². The predicted molar refractivity (Wildman–Crippen MR) is 103 cm³/mol. The number of rotatable bonds is 7. The Bertz CT molecular complexity index is 795. The maximum absolute atomic E-state index is 12.8. The fourth-order valence-electron chi connectivity index (χ4n) is 2.97. The van der Waals surface area contributed by atoms with Gasteiger partial charge in [0.25, 0.3) is 0 Å². The number of aromatic nitrogens is 2. The van der Waals surface area contributed by atoms with Crippen LogP contribution in [0.25, 0.3) is 0 Å². The number of carbonyl (C=O) groups excluding carboxylic acids is 2. The third kappa shape index (κ3) is 4.71. The zero-order valence-electron chi connectivity index (χ0n) is 16.3. The number of benzene rings is 1. The Hall–Kier alpha value is -2.63. The molecule has 0 bridgehead atoms. The normalized spacial score (nSPS) is 10.7. The molecule has 140 valence electrons. The van der Waals surface area contributed by atoms with Crippen molar-refractivity contribution in [2.75, 3.05) is 18.4 Å². The van der Waals surface area contributed by atoms with E-state index in [9.17, 15) is 9.59 Å². The molecular weight excluding hydrogens is 328 g/mol. The number of carbonyl (C=O) groups is 2. The van der Waals surface area contributed by atoms with Crippen LogP contribution < -0.4 is 5.32 Å². The molecule has 1 aromatic heterocycles. The van der Waals surface area contributed by atoms with Crippen molar-refractivity contribution in [3.8, 4) is 0 Å². The van der Waals surface area contributed by atoms with E-state index in [0.717, 1.165) is 34.6 Å². The maximum atomic E-state index is 12.8. The van der Waals surface area contributed by atoms with Crippen molar-refractivity contribution in [1.29, 1.82) is 0 Å². The summed E-state index contributed by atoms with van der Waals surface area (Å²) < 4.78 is 1.78. The molecule has 0 saturated carbocycles. The molecular formula is C20H28N4O2. The third-order valence-corrected chi connectivity index (χ3v) is 4.59. The lowest BCUT2D eigenvalue weighted by Crippen LogP contribution is -2.39. The summed E-state index contributed by atoms with van der Waals surface area (Å²) in [5, 5.41) is 7.26. The van der Waals surface area contributed by atoms with E-state index >= 15 is 0 Å². The Balaban J connectivity index is 2.06. The number of nitrogens with one attached hydrogen (secondary N) is 1. The van der Waals surface area contributed by atoms with E-state index in [1.807, 2.05) is 59.0 Å². The minimum absolute atomic E-state index is 0.0500. The van der Waals surface area contributed by atoms with Gasteiger partial charge in [-0.05, 0) is 38.8 Å². The molecule has 6 nitrogen and oxygen atoms in total. The highest BCUT2D eigenvalue weighted by Gasteiger charge is 2.20. The molecule has 2 amide bonds. The zero-order valence-corrected chi connectivity index (χ0v) is 16.3. The summed E-state index contributed by atoms with van der Waals surface area (Å²) in [6, 6.07) is 7.61. The number of amides is 2. The Morgan fingerprint density at radius 3 is 2.46 bits per heavy atom. The number of para-hydroxylation sites is 1. The van der Waals surface area contributed by atoms with Gasteiger partial charge in [-0.2, -0.15) is 5.10 Å². The van der Waals surface area contributed by atoms with Crippen LogP contribution in [0, 0.1) is 20.8 Å². The molecule has 0 radical (unpaired) electrons. The summed E-state index contributed by atoms with van der Waals surface area (Å²) in [6.07, 6.45) is 1.07. The van der Waals surface area contributed by atoms with E-state index in [2.05, 4.69) is 10.4 Å². The van der Waals surface area contributed by atoms with Gasteiger partial charge in [0.2, 0.25) is 11.8 Å². The van der Waals surface area contributed by atoms with Crippen LogP contribution in [0.4, 0.5) is 5.69 Å². The molecule has 0 spiro atoms. The average molecular weight is 356 g/mol. The molecule has 0 unspecified atom stereocenters. The number of nitrogens with zero attached hydrogens (tertiary/aromatic N) is 3. The minimum atomic E-state index is -0.180. The van der Waals surface area contributed by atoms with Crippen molar-refractivity contribution in [1.82, 2.24) is 14.7 Å². The second kappa shape index (κ2) is 8.65. The summed E-state index contributed by atoms with van der Waals surface area (Å²) in [5.74, 6) is -0.230. The van der Waals surface area contributed by atoms with E-state index in [-0.39, 0.29) is 24.8 Å². The second-order valence-electron chi connectivity index (χ2n) is 6.63. The van der Waals surface area contributed by atoms with Gasteiger partial charge in [0.1, 0.15) is 0 Å². The molecule has 1 aromatic carbocycles. The first-order valence-electron chi connectivity index (χ1n) is 8.95. The smallest absolute Gasteiger partial charge is 0.244 e. The fourth-order valence-corrected chi connectivity index (χ4v) is 2.97. The van der Waals surface area contributed by atoms with Gasteiger partial charge in [0.15, 0.2) is 0 Å². The third-order valence-electron chi connectivity index (χ3n) is 4.59. The van der Waals surface area contributed by atoms with Gasteiger partial charge in [0.05, 0.1) is 18.7 Å². The molecule has 2 aromatic rings. The molecule has 1 N–H and O–H groups in total. The van der Waals surface area contributed by atoms with Crippen molar-refractivity contribution in [2.24, 2.45) is 7.05 Å². The van der Waals surface area contributed by atoms with Crippen LogP contribution in [0.5, 0.6) is 0 Å². The molecule has 0 atom stereocenters. The average Bonchev–Trinajstić information content (AvgIpc) is 2.82. The van der Waals surface area contributed by atoms with Gasteiger partial charge >= 0.3 is 0 Å². The molecule has 0 aliphatic heterocycles. The van der Waals surface area contributed by atoms with Crippen molar-refractivity contribution >= 4 is 17.5 Å². The summed E-state index contributed by atoms with van der Waals surface area (Å²) in [7, 11) is 1.87. The van der Waals surface area contributed by atoms with Crippen LogP contribution in [-0.2, 0) is 23.1 Å². The summed E-state index contributed by atoms with van der Waals surface area (Å²) >= 11 is 0. The molecule has 0 aliphatic carbocycles. The minimum Gasteiger partial charge on any atom is -0.333 e. The molecule has 0 aliphatic rings. The van der Waals surface area contributed by atoms with Gasteiger partial charge in [-0.3, -0.25) is 14.3 Å². The highest BCUT2D eigenvalue weighted by Crippen LogP contribution is 2.15. The summed E-state index contributed by atoms with van der Waals surface area (Å²) in [4.78, 5) is 26.8. The standard InChI is InChI=1S/C20H28N4O2/c1-6-11-24(13-19(25)21-18-10-8-7-9-14(18)2)20(26)12-17-15(3)22-23(5)16(17)4/h7-10H,6,11-13H2,1-5H3,(H,21,25). The van der Waals surface area contributed by atoms with Gasteiger partial charge in [-0.25, -0.2) is 0 Å². The molecule has 6 heteroatoms. The van der Waals surface area contributed by atoms with Crippen molar-refractivity contribution in [3.05, 3.63) is 46.8 Å². The van der Waals surface area contributed by atoms with Crippen molar-refractivity contribution in [3.63, 3.8) is 0 Å². The molecule has 26 heavy (non-hydrogen) atoms. The van der Waals surface area contributed by atoms with Crippen molar-refractivity contribution in [2.45, 2.75) is 40.5 Å². The van der Waals surface area contributed by atoms with E-state index in [4.69, 9.17) is 0 Å². The Labute approximate surface area is 155 Å². The zero-order chi connectivity index (χ0) is 19.3. The number of anilines is 1. The number of hydrogen-bond acceptors (Lipinski definition) is 3. The largest absolute Gasteiger partial charge is 0.333 e. The predicted octanol–water partition coefficient (Wildman–Crippen LogP) is 2.77. The van der Waals surface area contributed by atoms with E-state index in [1.54, 1.807) is 9.58 Å². The monoisotopic (exact) mass is 356 g/mol. The van der Waals surface area contributed by atoms with E-state index in [1.165, 1.54) is 0 Å². The first-order chi connectivity index (χ1) is 12.3.